The van der Waals surface area contributed by atoms with Crippen LogP contribution in [0.4, 0.5) is 44.2 Å². The van der Waals surface area contributed by atoms with E-state index in [2.05, 4.69) is 25.4 Å². The molecule has 0 bridgehead atoms. The van der Waals surface area contributed by atoms with Crippen molar-refractivity contribution >= 4 is 71.7 Å². The van der Waals surface area contributed by atoms with Gasteiger partial charge in [-0.15, -0.1) is 0 Å². The SMILES string of the molecule is CC(=O)Nc1ccc(S(=O)(=O)Nc2ccc(F)c([N+](=O)[O-])c2)cc1.CC(=O)Nc1ccc(S(=O)(=O)Nc2ccc(NCCCO)c([N+](=O)[O-])c2)cc1. The van der Waals surface area contributed by atoms with Crippen LogP contribution in [0.5, 0.6) is 0 Å². The monoisotopic (exact) mass is 761 g/mol. The normalized spacial score (nSPS) is 10.9. The Labute approximate surface area is 296 Å². The second-order valence-electron chi connectivity index (χ2n) is 10.5. The first kappa shape index (κ1) is 40.2. The highest BCUT2D eigenvalue weighted by atomic mass is 32.2. The molecule has 276 valence electrons. The molecule has 2 amide bonds. The number of sulfonamides is 2. The van der Waals surface area contributed by atoms with Crippen molar-refractivity contribution in [3.8, 4) is 0 Å². The fourth-order valence-electron chi connectivity index (χ4n) is 4.18. The van der Waals surface area contributed by atoms with Crippen LogP contribution in [0.25, 0.3) is 0 Å². The molecular formula is C31H32FN7O11S2. The Morgan fingerprint density at radius 1 is 0.673 bits per heavy atom. The number of nitro groups is 2. The van der Waals surface area contributed by atoms with Crippen molar-refractivity contribution in [1.82, 2.24) is 0 Å². The third-order valence-corrected chi connectivity index (χ3v) is 9.26. The van der Waals surface area contributed by atoms with Crippen LogP contribution in [0.1, 0.15) is 20.3 Å². The number of hydrogen-bond acceptors (Lipinski definition) is 12. The molecule has 0 heterocycles. The molecule has 0 radical (unpaired) electrons. The summed E-state index contributed by atoms with van der Waals surface area (Å²) in [5.41, 5.74) is -0.157. The summed E-state index contributed by atoms with van der Waals surface area (Å²) in [6.45, 7) is 2.93. The zero-order valence-corrected chi connectivity index (χ0v) is 29.0. The van der Waals surface area contributed by atoms with Crippen molar-refractivity contribution in [2.45, 2.75) is 30.1 Å². The standard InChI is InChI=1S/C17H20N4O6S.C14H12FN3O5S/c1-12(23)19-13-3-6-15(7-4-13)28(26,27)20-14-5-8-16(18-9-2-10-22)17(11-14)21(24)25;1-9(19)16-10-2-5-12(6-3-10)24(22,23)17-11-4-7-13(15)14(8-11)18(20)21/h3-8,11,18,20,22H,2,9-10H2,1H3,(H,19,23);2-8,17H,1H3,(H,16,19). The Morgan fingerprint density at radius 2 is 1.08 bits per heavy atom. The van der Waals surface area contributed by atoms with Gasteiger partial charge in [-0.05, 0) is 79.2 Å². The average Bonchev–Trinajstić information content (AvgIpc) is 3.06. The Balaban J connectivity index is 0.000000284. The molecule has 0 aliphatic rings. The van der Waals surface area contributed by atoms with E-state index < -0.39 is 41.4 Å². The van der Waals surface area contributed by atoms with Crippen molar-refractivity contribution in [2.75, 3.05) is 38.5 Å². The molecule has 4 rings (SSSR count). The number of hydrogen-bond donors (Lipinski definition) is 6. The van der Waals surface area contributed by atoms with E-state index in [1.54, 1.807) is 0 Å². The maximum Gasteiger partial charge on any atom is 0.306 e. The Hall–Kier alpha value is -6.19. The topological polar surface area (TPSA) is 269 Å². The van der Waals surface area contributed by atoms with Crippen molar-refractivity contribution < 1.29 is 45.8 Å². The van der Waals surface area contributed by atoms with Gasteiger partial charge in [0.1, 0.15) is 5.69 Å². The third kappa shape index (κ3) is 11.7. The van der Waals surface area contributed by atoms with Crippen LogP contribution >= 0.6 is 0 Å². The Kier molecular flexibility index (Phi) is 13.7. The molecule has 0 fully saturated rings. The predicted molar refractivity (Wildman–Crippen MR) is 189 cm³/mol. The number of carbonyl (C=O) groups excluding carboxylic acids is 2. The van der Waals surface area contributed by atoms with E-state index in [4.69, 9.17) is 5.11 Å². The highest BCUT2D eigenvalue weighted by molar-refractivity contribution is 7.93. The highest BCUT2D eigenvalue weighted by Gasteiger charge is 2.20. The van der Waals surface area contributed by atoms with Gasteiger partial charge in [0.05, 0.1) is 31.0 Å². The van der Waals surface area contributed by atoms with Gasteiger partial charge in [-0.3, -0.25) is 39.3 Å². The van der Waals surface area contributed by atoms with E-state index in [0.717, 1.165) is 24.3 Å². The first-order valence-electron chi connectivity index (χ1n) is 14.8. The van der Waals surface area contributed by atoms with E-state index in [1.165, 1.54) is 74.5 Å². The van der Waals surface area contributed by atoms with Crippen LogP contribution in [0.3, 0.4) is 0 Å². The van der Waals surface area contributed by atoms with Gasteiger partial charge in [-0.25, -0.2) is 16.8 Å². The smallest absolute Gasteiger partial charge is 0.306 e. The third-order valence-electron chi connectivity index (χ3n) is 6.46. The van der Waals surface area contributed by atoms with Crippen LogP contribution in [0.15, 0.2) is 94.7 Å². The van der Waals surface area contributed by atoms with Gasteiger partial charge in [-0.2, -0.15) is 4.39 Å². The summed E-state index contributed by atoms with van der Waals surface area (Å²) in [6.07, 6.45) is 0.417. The first-order valence-corrected chi connectivity index (χ1v) is 17.8. The fourth-order valence-corrected chi connectivity index (χ4v) is 6.28. The number of rotatable bonds is 14. The highest BCUT2D eigenvalue weighted by Crippen LogP contribution is 2.29. The lowest BCUT2D eigenvalue weighted by Crippen LogP contribution is -2.14. The molecule has 4 aromatic carbocycles. The summed E-state index contributed by atoms with van der Waals surface area (Å²) in [5.74, 6) is -1.65. The van der Waals surface area contributed by atoms with Crippen molar-refractivity contribution in [3.63, 3.8) is 0 Å². The summed E-state index contributed by atoms with van der Waals surface area (Å²) in [7, 11) is -8.00. The lowest BCUT2D eigenvalue weighted by Gasteiger charge is -2.11. The van der Waals surface area contributed by atoms with E-state index in [9.17, 15) is 51.0 Å². The number of anilines is 5. The lowest BCUT2D eigenvalue weighted by atomic mass is 10.2. The summed E-state index contributed by atoms with van der Waals surface area (Å²) < 4.78 is 67.2. The summed E-state index contributed by atoms with van der Waals surface area (Å²) in [5, 5.41) is 38.6. The fraction of sp³-hybridized carbons (Fsp3) is 0.161. The van der Waals surface area contributed by atoms with E-state index in [1.807, 2.05) is 0 Å². The van der Waals surface area contributed by atoms with Gasteiger partial charge < -0.3 is 21.1 Å². The molecule has 21 heteroatoms. The molecule has 0 saturated carbocycles. The maximum absolute atomic E-state index is 13.3. The molecule has 0 aliphatic carbocycles. The maximum atomic E-state index is 13.3. The van der Waals surface area contributed by atoms with Gasteiger partial charge >= 0.3 is 5.69 Å². The minimum absolute atomic E-state index is 0.0327. The first-order chi connectivity index (χ1) is 24.4. The average molecular weight is 762 g/mol. The number of aliphatic hydroxyl groups is 1. The predicted octanol–water partition coefficient (Wildman–Crippen LogP) is 4.64. The van der Waals surface area contributed by atoms with Crippen LogP contribution in [0.2, 0.25) is 0 Å². The molecule has 4 aromatic rings. The number of carbonyl (C=O) groups is 2. The number of nitrogens with one attached hydrogen (secondary N) is 5. The molecule has 0 aliphatic heterocycles. The van der Waals surface area contributed by atoms with Crippen LogP contribution in [-0.2, 0) is 29.6 Å². The number of benzene rings is 4. The zero-order valence-electron chi connectivity index (χ0n) is 27.3. The minimum atomic E-state index is -4.02. The summed E-state index contributed by atoms with van der Waals surface area (Å²) >= 11 is 0. The van der Waals surface area contributed by atoms with Crippen LogP contribution in [0, 0.1) is 26.0 Å². The van der Waals surface area contributed by atoms with Crippen molar-refractivity contribution in [2.24, 2.45) is 0 Å². The lowest BCUT2D eigenvalue weighted by molar-refractivity contribution is -0.387. The Bertz CT molecular complexity index is 2170. The number of amides is 2. The molecule has 18 nitrogen and oxygen atoms in total. The number of halogens is 1. The van der Waals surface area contributed by atoms with Crippen molar-refractivity contribution in [1.29, 1.82) is 0 Å². The van der Waals surface area contributed by atoms with Gasteiger partial charge in [0.25, 0.3) is 25.7 Å². The molecule has 0 atom stereocenters. The molecule has 52 heavy (non-hydrogen) atoms. The van der Waals surface area contributed by atoms with Gasteiger partial charge in [0.15, 0.2) is 0 Å². The molecule has 0 spiro atoms. The molecule has 6 N–H and O–H groups in total. The van der Waals surface area contributed by atoms with Gasteiger partial charge in [0.2, 0.25) is 17.6 Å². The number of nitrogens with zero attached hydrogens (tertiary/aromatic N) is 2. The molecule has 0 aromatic heterocycles. The summed E-state index contributed by atoms with van der Waals surface area (Å²) in [6, 6.07) is 17.4. The van der Waals surface area contributed by atoms with E-state index in [-0.39, 0.29) is 51.0 Å². The largest absolute Gasteiger partial charge is 0.396 e. The second-order valence-corrected chi connectivity index (χ2v) is 13.9. The van der Waals surface area contributed by atoms with E-state index >= 15 is 0 Å². The molecular weight excluding hydrogens is 730 g/mol. The Morgan fingerprint density at radius 3 is 1.48 bits per heavy atom. The quantitative estimate of drug-likeness (QED) is 0.0583. The molecule has 0 unspecified atom stereocenters. The zero-order chi connectivity index (χ0) is 38.6. The molecule has 0 saturated heterocycles. The summed E-state index contributed by atoms with van der Waals surface area (Å²) in [4.78, 5) is 42.1. The number of aliphatic hydroxyl groups excluding tert-OH is 1. The second kappa shape index (κ2) is 17.6. The van der Waals surface area contributed by atoms with Crippen LogP contribution < -0.4 is 25.4 Å². The van der Waals surface area contributed by atoms with Gasteiger partial charge in [0, 0.05) is 50.5 Å². The van der Waals surface area contributed by atoms with Crippen LogP contribution in [-0.4, -0.2) is 56.8 Å². The van der Waals surface area contributed by atoms with Gasteiger partial charge in [-0.1, -0.05) is 0 Å². The van der Waals surface area contributed by atoms with Crippen molar-refractivity contribution in [3.05, 3.63) is 111 Å². The van der Waals surface area contributed by atoms with E-state index in [0.29, 0.717) is 24.3 Å². The number of nitro benzene ring substituents is 2. The minimum Gasteiger partial charge on any atom is -0.396 e.